The van der Waals surface area contributed by atoms with Gasteiger partial charge in [0.2, 0.25) is 0 Å². The smallest absolute Gasteiger partial charge is 0.0541 e. The van der Waals surface area contributed by atoms with Gasteiger partial charge in [-0.3, -0.25) is 0 Å². The molecule has 0 atom stereocenters. The summed E-state index contributed by atoms with van der Waals surface area (Å²) in [5.74, 6) is 0.566. The number of para-hydroxylation sites is 4. The first-order valence-corrected chi connectivity index (χ1v) is 12.8. The van der Waals surface area contributed by atoms with Gasteiger partial charge in [0.25, 0.3) is 0 Å². The summed E-state index contributed by atoms with van der Waals surface area (Å²) in [4.78, 5) is 0. The molecule has 5 aromatic carbocycles. The zero-order chi connectivity index (χ0) is 24.2. The molecule has 0 bridgehead atoms. The zero-order valence-corrected chi connectivity index (χ0v) is 20.6. The molecule has 36 heavy (non-hydrogen) atoms. The second-order valence-electron chi connectivity index (χ2n) is 10.2. The van der Waals surface area contributed by atoms with Gasteiger partial charge in [-0.05, 0) is 54.3 Å². The number of nitrogens with zero attached hydrogens (tertiary/aromatic N) is 2. The van der Waals surface area contributed by atoms with E-state index < -0.39 is 0 Å². The lowest BCUT2D eigenvalue weighted by Crippen LogP contribution is -2.05. The Labute approximate surface area is 211 Å². The summed E-state index contributed by atoms with van der Waals surface area (Å²) in [6.45, 7) is 4.60. The highest BCUT2D eigenvalue weighted by Gasteiger charge is 2.18. The molecule has 174 valence electrons. The largest absolute Gasteiger partial charge is 0.309 e. The Morgan fingerprint density at radius 3 is 1.36 bits per heavy atom. The maximum atomic E-state index is 2.47. The minimum absolute atomic E-state index is 0.566. The van der Waals surface area contributed by atoms with Crippen LogP contribution in [0.5, 0.6) is 0 Å². The van der Waals surface area contributed by atoms with Crippen LogP contribution in [0.1, 0.15) is 19.4 Å². The Bertz CT molecular complexity index is 1790. The van der Waals surface area contributed by atoms with Gasteiger partial charge >= 0.3 is 0 Å². The molecule has 2 aromatic heterocycles. The molecule has 0 N–H and O–H groups in total. The van der Waals surface area contributed by atoms with E-state index in [1.807, 2.05) is 0 Å². The van der Waals surface area contributed by atoms with Crippen LogP contribution in [-0.4, -0.2) is 9.13 Å². The highest BCUT2D eigenvalue weighted by atomic mass is 15.0. The number of aromatic nitrogens is 2. The van der Waals surface area contributed by atoms with E-state index in [1.165, 1.54) is 60.5 Å². The van der Waals surface area contributed by atoms with Gasteiger partial charge in [0, 0.05) is 27.2 Å². The van der Waals surface area contributed by atoms with Gasteiger partial charge in [-0.25, -0.2) is 0 Å². The topological polar surface area (TPSA) is 9.86 Å². The summed E-state index contributed by atoms with van der Waals surface area (Å²) in [5.41, 5.74) is 8.82. The van der Waals surface area contributed by atoms with E-state index in [-0.39, 0.29) is 0 Å². The van der Waals surface area contributed by atoms with E-state index in [1.54, 1.807) is 0 Å². The molecule has 0 saturated carbocycles. The van der Waals surface area contributed by atoms with Crippen LogP contribution in [0.3, 0.4) is 0 Å². The molecular weight excluding hydrogens is 436 g/mol. The Kier molecular flexibility index (Phi) is 4.75. The highest BCUT2D eigenvalue weighted by Crippen LogP contribution is 2.36. The molecule has 2 heteroatoms. The molecule has 0 unspecified atom stereocenters. The van der Waals surface area contributed by atoms with Gasteiger partial charge < -0.3 is 9.13 Å². The third kappa shape index (κ3) is 3.11. The first-order valence-electron chi connectivity index (χ1n) is 12.8. The lowest BCUT2D eigenvalue weighted by Gasteiger charge is -2.18. The molecule has 7 aromatic rings. The first-order chi connectivity index (χ1) is 17.7. The van der Waals surface area contributed by atoms with Crippen LogP contribution in [0, 0.1) is 5.92 Å². The van der Waals surface area contributed by atoms with Crippen molar-refractivity contribution in [1.29, 1.82) is 0 Å². The Morgan fingerprint density at radius 1 is 0.500 bits per heavy atom. The van der Waals surface area contributed by atoms with E-state index in [0.717, 1.165) is 6.42 Å². The van der Waals surface area contributed by atoms with E-state index in [4.69, 9.17) is 0 Å². The second kappa shape index (κ2) is 8.13. The third-order valence-electron chi connectivity index (χ3n) is 7.36. The maximum Gasteiger partial charge on any atom is 0.0541 e. The normalized spacial score (nSPS) is 12.0. The van der Waals surface area contributed by atoms with Crippen molar-refractivity contribution in [3.63, 3.8) is 0 Å². The monoisotopic (exact) mass is 464 g/mol. The Balaban J connectivity index is 1.58. The lowest BCUT2D eigenvalue weighted by atomic mass is 10.00. The summed E-state index contributed by atoms with van der Waals surface area (Å²) < 4.78 is 4.89. The van der Waals surface area contributed by atoms with Crippen LogP contribution < -0.4 is 0 Å². The average Bonchev–Trinajstić information content (AvgIpc) is 3.42. The standard InChI is InChI=1S/C34H28N2/c1-23(2)21-24-19-20-25(35-30-15-7-3-11-26(30)27-12-4-8-16-31(27)35)22-34(24)36-32-17-9-5-13-28(32)29-14-6-10-18-33(29)36/h3-20,22-23H,21H2,1-2H3. The number of rotatable bonds is 4. The summed E-state index contributed by atoms with van der Waals surface area (Å²) in [6, 6.07) is 42.1. The van der Waals surface area contributed by atoms with Crippen molar-refractivity contribution in [2.24, 2.45) is 5.92 Å². The van der Waals surface area contributed by atoms with Crippen molar-refractivity contribution in [2.45, 2.75) is 20.3 Å². The highest BCUT2D eigenvalue weighted by molar-refractivity contribution is 6.10. The van der Waals surface area contributed by atoms with Gasteiger partial charge in [0.15, 0.2) is 0 Å². The van der Waals surface area contributed by atoms with Crippen LogP contribution in [0.15, 0.2) is 115 Å². The molecule has 0 amide bonds. The fourth-order valence-electron chi connectivity index (χ4n) is 5.89. The number of hydrogen-bond donors (Lipinski definition) is 0. The maximum absolute atomic E-state index is 2.47. The van der Waals surface area contributed by atoms with Gasteiger partial charge in [0.1, 0.15) is 0 Å². The Hall–Kier alpha value is -4.30. The van der Waals surface area contributed by atoms with Crippen molar-refractivity contribution in [1.82, 2.24) is 9.13 Å². The predicted octanol–water partition coefficient (Wildman–Crippen LogP) is 9.08. The van der Waals surface area contributed by atoms with E-state index in [9.17, 15) is 0 Å². The molecule has 0 radical (unpaired) electrons. The van der Waals surface area contributed by atoms with Crippen molar-refractivity contribution in [3.05, 3.63) is 121 Å². The van der Waals surface area contributed by atoms with Crippen molar-refractivity contribution in [2.75, 3.05) is 0 Å². The third-order valence-corrected chi connectivity index (χ3v) is 7.36. The van der Waals surface area contributed by atoms with Gasteiger partial charge in [-0.1, -0.05) is 92.7 Å². The molecule has 0 aliphatic carbocycles. The van der Waals surface area contributed by atoms with Crippen LogP contribution in [0.25, 0.3) is 55.0 Å². The first kappa shape index (κ1) is 21.0. The average molecular weight is 465 g/mol. The van der Waals surface area contributed by atoms with E-state index in [2.05, 4.69) is 138 Å². The molecule has 0 spiro atoms. The summed E-state index contributed by atoms with van der Waals surface area (Å²) in [5, 5.41) is 5.17. The number of fused-ring (bicyclic) bond motifs is 6. The van der Waals surface area contributed by atoms with Crippen LogP contribution in [0.4, 0.5) is 0 Å². The molecule has 0 aliphatic heterocycles. The molecule has 0 aliphatic rings. The molecule has 2 heterocycles. The zero-order valence-electron chi connectivity index (χ0n) is 20.6. The predicted molar refractivity (Wildman–Crippen MR) is 154 cm³/mol. The fraction of sp³-hybridized carbons (Fsp3) is 0.118. The van der Waals surface area contributed by atoms with Crippen LogP contribution >= 0.6 is 0 Å². The SMILES string of the molecule is CC(C)Cc1ccc(-n2c3ccccc3c3ccccc32)cc1-n1c2ccccc2c2ccccc21. The van der Waals surface area contributed by atoms with Crippen LogP contribution in [0.2, 0.25) is 0 Å². The molecule has 0 saturated heterocycles. The van der Waals surface area contributed by atoms with Gasteiger partial charge in [-0.15, -0.1) is 0 Å². The quantitative estimate of drug-likeness (QED) is 0.246. The minimum Gasteiger partial charge on any atom is -0.309 e. The Morgan fingerprint density at radius 2 is 0.917 bits per heavy atom. The van der Waals surface area contributed by atoms with Crippen LogP contribution in [-0.2, 0) is 6.42 Å². The number of benzene rings is 5. The molecule has 2 nitrogen and oxygen atoms in total. The molecule has 7 rings (SSSR count). The minimum atomic E-state index is 0.566. The summed E-state index contributed by atoms with van der Waals surface area (Å²) in [6.07, 6.45) is 1.03. The van der Waals surface area contributed by atoms with Crippen molar-refractivity contribution < 1.29 is 0 Å². The molecular formula is C34H28N2. The summed E-state index contributed by atoms with van der Waals surface area (Å²) >= 11 is 0. The molecule has 0 fully saturated rings. The summed E-state index contributed by atoms with van der Waals surface area (Å²) in [7, 11) is 0. The second-order valence-corrected chi connectivity index (χ2v) is 10.2. The lowest BCUT2D eigenvalue weighted by molar-refractivity contribution is 0.645. The van der Waals surface area contributed by atoms with Crippen molar-refractivity contribution >= 4 is 43.6 Å². The van der Waals surface area contributed by atoms with Gasteiger partial charge in [-0.2, -0.15) is 0 Å². The van der Waals surface area contributed by atoms with Crippen molar-refractivity contribution in [3.8, 4) is 11.4 Å². The van der Waals surface area contributed by atoms with Gasteiger partial charge in [0.05, 0.1) is 27.8 Å². The number of hydrogen-bond acceptors (Lipinski definition) is 0. The van der Waals surface area contributed by atoms with E-state index >= 15 is 0 Å². The fourth-order valence-corrected chi connectivity index (χ4v) is 5.89. The van der Waals surface area contributed by atoms with E-state index in [0.29, 0.717) is 5.92 Å².